The third-order valence-corrected chi connectivity index (χ3v) is 2.72. The molecular weight excluding hydrogens is 268 g/mol. The van der Waals surface area contributed by atoms with E-state index < -0.39 is 5.91 Å². The van der Waals surface area contributed by atoms with Crippen LogP contribution in [-0.4, -0.2) is 22.6 Å². The standard InChI is InChI=1S/C16H14N2O3/c1-11-7-12(3-2-6-19)9-13(8-11)18-16(21)14-10-17-5-4-15(14)20/h4-5,7-10,19H,6H2,1H3,(H,17,20)(H,18,21). The van der Waals surface area contributed by atoms with E-state index in [4.69, 9.17) is 5.11 Å². The minimum Gasteiger partial charge on any atom is -0.384 e. The minimum atomic E-state index is -0.483. The second-order valence-corrected chi connectivity index (χ2v) is 4.42. The Morgan fingerprint density at radius 3 is 2.90 bits per heavy atom. The number of carbonyl (C=O) groups excluding carboxylic acids is 1. The molecule has 2 aromatic rings. The number of benzene rings is 1. The molecule has 3 N–H and O–H groups in total. The average molecular weight is 282 g/mol. The van der Waals surface area contributed by atoms with Gasteiger partial charge in [0.2, 0.25) is 0 Å². The molecule has 106 valence electrons. The molecule has 0 fully saturated rings. The first-order valence-corrected chi connectivity index (χ1v) is 6.30. The fourth-order valence-electron chi connectivity index (χ4n) is 1.86. The van der Waals surface area contributed by atoms with Crippen molar-refractivity contribution in [3.63, 3.8) is 0 Å². The van der Waals surface area contributed by atoms with Crippen LogP contribution in [0.15, 0.2) is 41.5 Å². The van der Waals surface area contributed by atoms with Crippen molar-refractivity contribution >= 4 is 11.6 Å². The Kier molecular flexibility index (Phi) is 4.54. The van der Waals surface area contributed by atoms with Crippen LogP contribution >= 0.6 is 0 Å². The van der Waals surface area contributed by atoms with E-state index in [1.807, 2.05) is 13.0 Å². The predicted octanol–water partition coefficient (Wildman–Crippen LogP) is 1.28. The number of aromatic amines is 1. The molecule has 0 unspecified atom stereocenters. The summed E-state index contributed by atoms with van der Waals surface area (Å²) in [7, 11) is 0. The van der Waals surface area contributed by atoms with E-state index in [2.05, 4.69) is 22.1 Å². The number of rotatable bonds is 2. The number of aromatic nitrogens is 1. The lowest BCUT2D eigenvalue weighted by Gasteiger charge is -2.06. The molecule has 0 aliphatic rings. The largest absolute Gasteiger partial charge is 0.384 e. The van der Waals surface area contributed by atoms with Crippen LogP contribution in [0.25, 0.3) is 0 Å². The van der Waals surface area contributed by atoms with Gasteiger partial charge in [0, 0.05) is 29.7 Å². The number of hydrogen-bond donors (Lipinski definition) is 3. The zero-order valence-corrected chi connectivity index (χ0v) is 11.4. The van der Waals surface area contributed by atoms with Crippen LogP contribution in [0.1, 0.15) is 21.5 Å². The average Bonchev–Trinajstić information content (AvgIpc) is 2.45. The molecule has 0 atom stereocenters. The molecule has 1 heterocycles. The van der Waals surface area contributed by atoms with Crippen LogP contribution in [0, 0.1) is 18.8 Å². The quantitative estimate of drug-likeness (QED) is 0.726. The highest BCUT2D eigenvalue weighted by Crippen LogP contribution is 2.14. The van der Waals surface area contributed by atoms with Crippen molar-refractivity contribution in [2.24, 2.45) is 0 Å². The lowest BCUT2D eigenvalue weighted by Crippen LogP contribution is -2.20. The van der Waals surface area contributed by atoms with Crippen molar-refractivity contribution in [3.05, 3.63) is 63.6 Å². The number of nitrogens with one attached hydrogen (secondary N) is 2. The molecule has 21 heavy (non-hydrogen) atoms. The van der Waals surface area contributed by atoms with E-state index in [0.29, 0.717) is 11.3 Å². The molecule has 0 aliphatic carbocycles. The summed E-state index contributed by atoms with van der Waals surface area (Å²) in [5.74, 6) is 4.85. The number of hydrogen-bond acceptors (Lipinski definition) is 3. The maximum Gasteiger partial charge on any atom is 0.261 e. The monoisotopic (exact) mass is 282 g/mol. The van der Waals surface area contributed by atoms with Gasteiger partial charge in [0.25, 0.3) is 5.91 Å². The van der Waals surface area contributed by atoms with Gasteiger partial charge in [-0.15, -0.1) is 0 Å². The Morgan fingerprint density at radius 2 is 2.19 bits per heavy atom. The smallest absolute Gasteiger partial charge is 0.261 e. The molecule has 5 nitrogen and oxygen atoms in total. The Hall–Kier alpha value is -2.84. The number of H-pyrrole nitrogens is 1. The van der Waals surface area contributed by atoms with Gasteiger partial charge < -0.3 is 15.4 Å². The van der Waals surface area contributed by atoms with Gasteiger partial charge in [-0.05, 0) is 30.7 Å². The Labute approximate surface area is 121 Å². The highest BCUT2D eigenvalue weighted by atomic mass is 16.2. The summed E-state index contributed by atoms with van der Waals surface area (Å²) in [5.41, 5.74) is 1.84. The summed E-state index contributed by atoms with van der Waals surface area (Å²) in [4.78, 5) is 26.4. The van der Waals surface area contributed by atoms with Crippen molar-refractivity contribution in [1.82, 2.24) is 4.98 Å². The lowest BCUT2D eigenvalue weighted by molar-refractivity contribution is 0.102. The molecule has 2 rings (SSSR count). The minimum absolute atomic E-state index is 0.0435. The third kappa shape index (κ3) is 3.81. The molecule has 5 heteroatoms. The number of amides is 1. The van der Waals surface area contributed by atoms with Gasteiger partial charge in [-0.25, -0.2) is 0 Å². The number of carbonyl (C=O) groups is 1. The number of anilines is 1. The molecule has 1 aromatic heterocycles. The SMILES string of the molecule is Cc1cc(C#CCO)cc(NC(=O)c2c[nH]ccc2=O)c1. The second-order valence-electron chi connectivity index (χ2n) is 4.42. The number of aryl methyl sites for hydroxylation is 1. The van der Waals surface area contributed by atoms with Gasteiger partial charge in [-0.2, -0.15) is 0 Å². The van der Waals surface area contributed by atoms with Gasteiger partial charge in [0.15, 0.2) is 5.43 Å². The van der Waals surface area contributed by atoms with Crippen molar-refractivity contribution < 1.29 is 9.90 Å². The van der Waals surface area contributed by atoms with Crippen LogP contribution in [0.2, 0.25) is 0 Å². The van der Waals surface area contributed by atoms with Gasteiger partial charge in [0.05, 0.1) is 0 Å². The summed E-state index contributed by atoms with van der Waals surface area (Å²) in [6.07, 6.45) is 2.83. The molecule has 0 saturated carbocycles. The van der Waals surface area contributed by atoms with Crippen LogP contribution in [0.4, 0.5) is 5.69 Å². The van der Waals surface area contributed by atoms with E-state index in [9.17, 15) is 9.59 Å². The van der Waals surface area contributed by atoms with E-state index in [1.54, 1.807) is 12.1 Å². The van der Waals surface area contributed by atoms with Gasteiger partial charge in [-0.1, -0.05) is 11.8 Å². The molecule has 0 aliphatic heterocycles. The van der Waals surface area contributed by atoms with Crippen molar-refractivity contribution in [3.8, 4) is 11.8 Å². The van der Waals surface area contributed by atoms with Crippen LogP contribution < -0.4 is 10.7 Å². The van der Waals surface area contributed by atoms with Crippen molar-refractivity contribution in [2.75, 3.05) is 11.9 Å². The van der Waals surface area contributed by atoms with E-state index in [0.717, 1.165) is 5.56 Å². The molecule has 1 aromatic carbocycles. The zero-order chi connectivity index (χ0) is 15.2. The van der Waals surface area contributed by atoms with Crippen molar-refractivity contribution in [1.29, 1.82) is 0 Å². The van der Waals surface area contributed by atoms with Crippen molar-refractivity contribution in [2.45, 2.75) is 6.92 Å². The fraction of sp³-hybridized carbons (Fsp3) is 0.125. The molecule has 0 bridgehead atoms. The maximum atomic E-state index is 12.1. The Balaban J connectivity index is 2.27. The molecular formula is C16H14N2O3. The maximum absolute atomic E-state index is 12.1. The Bertz CT molecular complexity index is 782. The lowest BCUT2D eigenvalue weighted by atomic mass is 10.1. The molecule has 0 saturated heterocycles. The third-order valence-electron chi connectivity index (χ3n) is 2.72. The van der Waals surface area contributed by atoms with E-state index in [-0.39, 0.29) is 17.6 Å². The highest BCUT2D eigenvalue weighted by molar-refractivity contribution is 6.04. The van der Waals surface area contributed by atoms with Gasteiger partial charge in [-0.3, -0.25) is 9.59 Å². The first-order valence-electron chi connectivity index (χ1n) is 6.30. The first kappa shape index (κ1) is 14.6. The summed E-state index contributed by atoms with van der Waals surface area (Å²) < 4.78 is 0. The summed E-state index contributed by atoms with van der Waals surface area (Å²) in [6.45, 7) is 1.64. The second kappa shape index (κ2) is 6.55. The topological polar surface area (TPSA) is 82.2 Å². The molecule has 0 spiro atoms. The number of pyridine rings is 1. The zero-order valence-electron chi connectivity index (χ0n) is 11.4. The van der Waals surface area contributed by atoms with Crippen LogP contribution in [0.3, 0.4) is 0 Å². The highest BCUT2D eigenvalue weighted by Gasteiger charge is 2.10. The summed E-state index contributed by atoms with van der Waals surface area (Å²) >= 11 is 0. The predicted molar refractivity (Wildman–Crippen MR) is 80.2 cm³/mol. The molecule has 0 radical (unpaired) electrons. The summed E-state index contributed by atoms with van der Waals surface area (Å²) in [6, 6.07) is 6.60. The number of aliphatic hydroxyl groups is 1. The first-order chi connectivity index (χ1) is 10.1. The molecule has 1 amide bonds. The van der Waals surface area contributed by atoms with E-state index in [1.165, 1.54) is 18.5 Å². The van der Waals surface area contributed by atoms with Gasteiger partial charge in [0.1, 0.15) is 12.2 Å². The van der Waals surface area contributed by atoms with Crippen LogP contribution in [-0.2, 0) is 0 Å². The summed E-state index contributed by atoms with van der Waals surface area (Å²) in [5, 5.41) is 11.4. The van der Waals surface area contributed by atoms with Crippen LogP contribution in [0.5, 0.6) is 0 Å². The number of aliphatic hydroxyl groups excluding tert-OH is 1. The normalized spacial score (nSPS) is 9.62. The van der Waals surface area contributed by atoms with Gasteiger partial charge >= 0.3 is 0 Å². The van der Waals surface area contributed by atoms with E-state index >= 15 is 0 Å². The Morgan fingerprint density at radius 1 is 1.38 bits per heavy atom. The fourth-order valence-corrected chi connectivity index (χ4v) is 1.86.